The summed E-state index contributed by atoms with van der Waals surface area (Å²) in [5, 5.41) is 5.20. The number of fused-ring (bicyclic) bond motifs is 1. The first-order chi connectivity index (χ1) is 16.5. The van der Waals surface area contributed by atoms with Gasteiger partial charge in [-0.05, 0) is 47.6 Å². The predicted molar refractivity (Wildman–Crippen MR) is 125 cm³/mol. The van der Waals surface area contributed by atoms with E-state index >= 15 is 0 Å². The maximum Gasteiger partial charge on any atom is 0.401 e. The first-order valence-corrected chi connectivity index (χ1v) is 11.7. The van der Waals surface area contributed by atoms with Crippen molar-refractivity contribution in [3.63, 3.8) is 0 Å². The van der Waals surface area contributed by atoms with Gasteiger partial charge in [-0.15, -0.1) is 0 Å². The largest absolute Gasteiger partial charge is 0.401 e. The van der Waals surface area contributed by atoms with E-state index in [9.17, 15) is 27.2 Å². The molecular formula is C26H31F4N3O2. The number of benzene rings is 2. The van der Waals surface area contributed by atoms with Gasteiger partial charge in [0.2, 0.25) is 11.8 Å². The third kappa shape index (κ3) is 7.78. The van der Waals surface area contributed by atoms with Gasteiger partial charge in [-0.1, -0.05) is 50.2 Å². The van der Waals surface area contributed by atoms with Gasteiger partial charge in [0, 0.05) is 19.5 Å². The van der Waals surface area contributed by atoms with Crippen molar-refractivity contribution < 1.29 is 27.2 Å². The second kappa shape index (κ2) is 11.7. The number of alkyl halides is 3. The molecule has 0 radical (unpaired) electrons. The summed E-state index contributed by atoms with van der Waals surface area (Å²) in [5.74, 6) is -1.25. The van der Waals surface area contributed by atoms with Crippen LogP contribution in [0.25, 0.3) is 0 Å². The molecule has 1 aliphatic rings. The van der Waals surface area contributed by atoms with Crippen LogP contribution in [0.3, 0.4) is 0 Å². The molecule has 0 aliphatic carbocycles. The van der Waals surface area contributed by atoms with Gasteiger partial charge in [0.25, 0.3) is 0 Å². The molecule has 1 unspecified atom stereocenters. The molecule has 2 amide bonds. The predicted octanol–water partition coefficient (Wildman–Crippen LogP) is 4.00. The molecule has 0 aromatic heterocycles. The lowest BCUT2D eigenvalue weighted by Crippen LogP contribution is -2.58. The number of nitrogens with zero attached hydrogens (tertiary/aromatic N) is 1. The van der Waals surface area contributed by atoms with Crippen molar-refractivity contribution in [1.29, 1.82) is 0 Å². The monoisotopic (exact) mass is 493 g/mol. The van der Waals surface area contributed by atoms with E-state index < -0.39 is 30.7 Å². The van der Waals surface area contributed by atoms with Crippen LogP contribution >= 0.6 is 0 Å². The van der Waals surface area contributed by atoms with Gasteiger partial charge < -0.3 is 10.2 Å². The molecule has 3 rings (SSSR count). The fourth-order valence-corrected chi connectivity index (χ4v) is 4.27. The molecule has 0 spiro atoms. The minimum absolute atomic E-state index is 0.0234. The number of carbonyl (C=O) groups is 2. The van der Waals surface area contributed by atoms with Crippen molar-refractivity contribution >= 4 is 11.8 Å². The number of nitrogens with one attached hydrogen (secondary N) is 2. The van der Waals surface area contributed by atoms with Gasteiger partial charge in [0.15, 0.2) is 0 Å². The molecule has 35 heavy (non-hydrogen) atoms. The van der Waals surface area contributed by atoms with Gasteiger partial charge in [-0.25, -0.2) is 4.39 Å². The number of halogens is 4. The molecule has 1 aliphatic heterocycles. The molecule has 0 saturated heterocycles. The van der Waals surface area contributed by atoms with E-state index in [0.29, 0.717) is 6.42 Å². The van der Waals surface area contributed by atoms with Crippen LogP contribution < -0.4 is 10.6 Å². The third-order valence-corrected chi connectivity index (χ3v) is 6.01. The maximum absolute atomic E-state index is 13.5. The average Bonchev–Trinajstić information content (AvgIpc) is 2.81. The quantitative estimate of drug-likeness (QED) is 0.519. The lowest BCUT2D eigenvalue weighted by atomic mass is 9.92. The standard InChI is InChI=1S/C26H31F4N3O2/c1-17(2)13-22(32-16-26(28,29)30)25(35)33-15-20-6-4-3-5-19(20)14-23(33)24(34)31-12-11-18-7-9-21(27)10-8-18/h3-10,17,22-23,32H,11-16H2,1-2H3,(H,31,34)/t22-,23?/m0/s1. The number of carbonyl (C=O) groups excluding carboxylic acids is 2. The third-order valence-electron chi connectivity index (χ3n) is 6.01. The molecule has 9 heteroatoms. The van der Waals surface area contributed by atoms with E-state index in [1.165, 1.54) is 17.0 Å². The molecular weight excluding hydrogens is 462 g/mol. The highest BCUT2D eigenvalue weighted by Crippen LogP contribution is 2.25. The summed E-state index contributed by atoms with van der Waals surface area (Å²) in [6.45, 7) is 2.82. The van der Waals surface area contributed by atoms with E-state index in [4.69, 9.17) is 0 Å². The molecule has 2 aromatic carbocycles. The first-order valence-electron chi connectivity index (χ1n) is 11.7. The summed E-state index contributed by atoms with van der Waals surface area (Å²) in [6.07, 6.45) is -3.49. The molecule has 2 N–H and O–H groups in total. The Morgan fingerprint density at radius 3 is 2.34 bits per heavy atom. The fourth-order valence-electron chi connectivity index (χ4n) is 4.27. The Labute approximate surface area is 202 Å². The highest BCUT2D eigenvalue weighted by molar-refractivity contribution is 5.90. The van der Waals surface area contributed by atoms with Crippen LogP contribution in [0.1, 0.15) is 37.0 Å². The van der Waals surface area contributed by atoms with Crippen LogP contribution in [0.15, 0.2) is 48.5 Å². The van der Waals surface area contributed by atoms with E-state index in [1.54, 1.807) is 12.1 Å². The van der Waals surface area contributed by atoms with Gasteiger partial charge >= 0.3 is 6.18 Å². The molecule has 0 saturated carbocycles. The SMILES string of the molecule is CC(C)C[C@H](NCC(F)(F)F)C(=O)N1Cc2ccccc2CC1C(=O)NCCc1ccc(F)cc1. The molecule has 0 fully saturated rings. The van der Waals surface area contributed by atoms with Crippen LogP contribution in [-0.2, 0) is 29.0 Å². The van der Waals surface area contributed by atoms with Gasteiger partial charge in [-0.3, -0.25) is 14.9 Å². The maximum atomic E-state index is 13.5. The Hall–Kier alpha value is -2.94. The number of rotatable bonds is 9. The lowest BCUT2D eigenvalue weighted by Gasteiger charge is -2.38. The van der Waals surface area contributed by atoms with Crippen LogP contribution in [-0.4, -0.2) is 48.1 Å². The van der Waals surface area contributed by atoms with Crippen LogP contribution in [0.5, 0.6) is 0 Å². The zero-order valence-corrected chi connectivity index (χ0v) is 19.9. The van der Waals surface area contributed by atoms with Crippen molar-refractivity contribution in [3.8, 4) is 0 Å². The highest BCUT2D eigenvalue weighted by atomic mass is 19.4. The Morgan fingerprint density at radius 1 is 1.06 bits per heavy atom. The zero-order chi connectivity index (χ0) is 25.6. The van der Waals surface area contributed by atoms with Crippen LogP contribution in [0, 0.1) is 11.7 Å². The smallest absolute Gasteiger partial charge is 0.354 e. The molecule has 5 nitrogen and oxygen atoms in total. The molecule has 1 heterocycles. The minimum atomic E-state index is -4.46. The fraction of sp³-hybridized carbons (Fsp3) is 0.462. The lowest BCUT2D eigenvalue weighted by molar-refractivity contribution is -0.146. The summed E-state index contributed by atoms with van der Waals surface area (Å²) in [6, 6.07) is 11.5. The number of amides is 2. The Balaban J connectivity index is 1.76. The second-order valence-electron chi connectivity index (χ2n) is 9.30. The van der Waals surface area contributed by atoms with Gasteiger partial charge in [-0.2, -0.15) is 13.2 Å². The summed E-state index contributed by atoms with van der Waals surface area (Å²) >= 11 is 0. The Kier molecular flexibility index (Phi) is 8.88. The zero-order valence-electron chi connectivity index (χ0n) is 19.9. The number of hydrogen-bond donors (Lipinski definition) is 2. The summed E-state index contributed by atoms with van der Waals surface area (Å²) in [7, 11) is 0. The average molecular weight is 494 g/mol. The Morgan fingerprint density at radius 2 is 1.71 bits per heavy atom. The molecule has 2 atom stereocenters. The van der Waals surface area contributed by atoms with Gasteiger partial charge in [0.05, 0.1) is 12.6 Å². The summed E-state index contributed by atoms with van der Waals surface area (Å²) < 4.78 is 51.8. The van der Waals surface area contributed by atoms with E-state index in [-0.39, 0.29) is 43.6 Å². The van der Waals surface area contributed by atoms with Crippen molar-refractivity contribution in [2.24, 2.45) is 5.92 Å². The molecule has 0 bridgehead atoms. The van der Waals surface area contributed by atoms with Crippen molar-refractivity contribution in [2.75, 3.05) is 13.1 Å². The van der Waals surface area contributed by atoms with Crippen LogP contribution in [0.4, 0.5) is 17.6 Å². The van der Waals surface area contributed by atoms with Gasteiger partial charge in [0.1, 0.15) is 11.9 Å². The van der Waals surface area contributed by atoms with E-state index in [0.717, 1.165) is 16.7 Å². The second-order valence-corrected chi connectivity index (χ2v) is 9.30. The molecule has 190 valence electrons. The summed E-state index contributed by atoms with van der Waals surface area (Å²) in [4.78, 5) is 28.0. The Bertz CT molecular complexity index is 1010. The summed E-state index contributed by atoms with van der Waals surface area (Å²) in [5.41, 5.74) is 2.65. The van der Waals surface area contributed by atoms with Crippen molar-refractivity contribution in [3.05, 3.63) is 71.0 Å². The van der Waals surface area contributed by atoms with Crippen molar-refractivity contribution in [2.45, 2.75) is 57.9 Å². The number of hydrogen-bond acceptors (Lipinski definition) is 3. The highest BCUT2D eigenvalue weighted by Gasteiger charge is 2.38. The van der Waals surface area contributed by atoms with E-state index in [2.05, 4.69) is 10.6 Å². The first kappa shape index (κ1) is 26.7. The normalized spacial score (nSPS) is 16.7. The minimum Gasteiger partial charge on any atom is -0.354 e. The molecule has 2 aromatic rings. The van der Waals surface area contributed by atoms with Crippen LogP contribution in [0.2, 0.25) is 0 Å². The van der Waals surface area contributed by atoms with E-state index in [1.807, 2.05) is 38.1 Å². The topological polar surface area (TPSA) is 61.4 Å². The van der Waals surface area contributed by atoms with Crippen molar-refractivity contribution in [1.82, 2.24) is 15.5 Å².